The van der Waals surface area contributed by atoms with Gasteiger partial charge in [0.1, 0.15) is 0 Å². The minimum absolute atomic E-state index is 0.727. The van der Waals surface area contributed by atoms with Crippen LogP contribution in [0.25, 0.3) is 0 Å². The van der Waals surface area contributed by atoms with Crippen molar-refractivity contribution in [2.24, 2.45) is 7.05 Å². The van der Waals surface area contributed by atoms with Gasteiger partial charge in [0.25, 0.3) is 0 Å². The molecule has 100 valence electrons. The summed E-state index contributed by atoms with van der Waals surface area (Å²) >= 11 is 5.19. The second-order valence-corrected chi connectivity index (χ2v) is 6.49. The van der Waals surface area contributed by atoms with Crippen molar-refractivity contribution >= 4 is 27.7 Å². The van der Waals surface area contributed by atoms with Gasteiger partial charge in [-0.05, 0) is 52.7 Å². The van der Waals surface area contributed by atoms with Gasteiger partial charge in [-0.1, -0.05) is 22.0 Å². The molecule has 1 aromatic heterocycles. The number of aryl methyl sites for hydroxylation is 1. The Balaban J connectivity index is 1.69. The topological polar surface area (TPSA) is 55.6 Å². The first-order valence-electron chi connectivity index (χ1n) is 6.14. The lowest BCUT2D eigenvalue weighted by Gasteiger charge is -2.07. The summed E-state index contributed by atoms with van der Waals surface area (Å²) in [6.07, 6.45) is 2.62. The Hall–Kier alpha value is -0.920. The second kappa shape index (κ2) is 5.60. The minimum Gasteiger partial charge on any atom is -0.310 e. The zero-order valence-electron chi connectivity index (χ0n) is 10.5. The van der Waals surface area contributed by atoms with Crippen LogP contribution < -0.4 is 5.32 Å². The number of halogens is 1. The van der Waals surface area contributed by atoms with Crippen molar-refractivity contribution in [2.45, 2.75) is 35.5 Å². The average Bonchev–Trinajstić information content (AvgIpc) is 3.13. The van der Waals surface area contributed by atoms with Gasteiger partial charge in [-0.3, -0.25) is 0 Å². The predicted molar refractivity (Wildman–Crippen MR) is 76.9 cm³/mol. The van der Waals surface area contributed by atoms with Crippen molar-refractivity contribution in [1.82, 2.24) is 25.5 Å². The Labute approximate surface area is 124 Å². The van der Waals surface area contributed by atoms with E-state index < -0.39 is 0 Å². The van der Waals surface area contributed by atoms with Crippen molar-refractivity contribution < 1.29 is 0 Å². The van der Waals surface area contributed by atoms with E-state index >= 15 is 0 Å². The van der Waals surface area contributed by atoms with Crippen LogP contribution >= 0.6 is 27.7 Å². The molecule has 1 aliphatic rings. The zero-order valence-corrected chi connectivity index (χ0v) is 12.9. The summed E-state index contributed by atoms with van der Waals surface area (Å²) < 4.78 is 2.79. The molecule has 1 saturated carbocycles. The lowest BCUT2D eigenvalue weighted by molar-refractivity contribution is 0.664. The summed E-state index contributed by atoms with van der Waals surface area (Å²) in [5, 5.41) is 15.7. The SMILES string of the molecule is Cn1nnnc1Sc1ccc(CNC2CC2)c(Br)c1. The van der Waals surface area contributed by atoms with Crippen LogP contribution in [0, 0.1) is 0 Å². The van der Waals surface area contributed by atoms with Crippen LogP contribution in [0.1, 0.15) is 18.4 Å². The summed E-state index contributed by atoms with van der Waals surface area (Å²) in [6, 6.07) is 7.09. The third-order valence-corrected chi connectivity index (χ3v) is 4.73. The molecule has 0 spiro atoms. The molecule has 0 aliphatic heterocycles. The molecule has 1 fully saturated rings. The van der Waals surface area contributed by atoms with E-state index in [2.05, 4.69) is 55.0 Å². The molecule has 0 bridgehead atoms. The Morgan fingerprint density at radius 1 is 1.47 bits per heavy atom. The predicted octanol–water partition coefficient (Wildman–Crippen LogP) is 2.38. The molecule has 1 heterocycles. The maximum absolute atomic E-state index is 3.97. The number of benzene rings is 1. The molecular weight excluding hydrogens is 326 g/mol. The highest BCUT2D eigenvalue weighted by molar-refractivity contribution is 9.10. The first-order valence-corrected chi connectivity index (χ1v) is 7.75. The molecule has 1 aromatic carbocycles. The Morgan fingerprint density at radius 2 is 2.32 bits per heavy atom. The monoisotopic (exact) mass is 339 g/mol. The lowest BCUT2D eigenvalue weighted by Crippen LogP contribution is -2.15. The van der Waals surface area contributed by atoms with E-state index in [1.54, 1.807) is 16.4 Å². The largest absolute Gasteiger partial charge is 0.310 e. The molecule has 3 rings (SSSR count). The lowest BCUT2D eigenvalue weighted by atomic mass is 10.2. The molecule has 0 atom stereocenters. The van der Waals surface area contributed by atoms with Crippen LogP contribution in [-0.4, -0.2) is 26.2 Å². The van der Waals surface area contributed by atoms with Crippen LogP contribution in [0.5, 0.6) is 0 Å². The summed E-state index contributed by atoms with van der Waals surface area (Å²) in [4.78, 5) is 1.12. The number of rotatable bonds is 5. The molecule has 0 unspecified atom stereocenters. The van der Waals surface area contributed by atoms with Crippen LogP contribution in [0.15, 0.2) is 32.7 Å². The highest BCUT2D eigenvalue weighted by Gasteiger charge is 2.20. The number of aromatic nitrogens is 4. The fourth-order valence-corrected chi connectivity index (χ4v) is 3.13. The van der Waals surface area contributed by atoms with Gasteiger partial charge >= 0.3 is 0 Å². The quantitative estimate of drug-likeness (QED) is 0.906. The van der Waals surface area contributed by atoms with Gasteiger partial charge in [0, 0.05) is 29.0 Å². The van der Waals surface area contributed by atoms with Crippen molar-refractivity contribution in [3.63, 3.8) is 0 Å². The molecule has 1 N–H and O–H groups in total. The molecular formula is C12H14BrN5S. The van der Waals surface area contributed by atoms with E-state index in [0.717, 1.165) is 27.1 Å². The van der Waals surface area contributed by atoms with Gasteiger partial charge in [-0.15, -0.1) is 5.10 Å². The molecule has 0 radical (unpaired) electrons. The van der Waals surface area contributed by atoms with E-state index in [0.29, 0.717) is 0 Å². The van der Waals surface area contributed by atoms with E-state index in [4.69, 9.17) is 0 Å². The van der Waals surface area contributed by atoms with Crippen molar-refractivity contribution in [3.8, 4) is 0 Å². The third kappa shape index (κ3) is 3.34. The molecule has 2 aromatic rings. The van der Waals surface area contributed by atoms with Crippen LogP contribution in [0.4, 0.5) is 0 Å². The number of tetrazole rings is 1. The first kappa shape index (κ1) is 13.1. The third-order valence-electron chi connectivity index (χ3n) is 2.97. The van der Waals surface area contributed by atoms with Gasteiger partial charge < -0.3 is 5.32 Å². The van der Waals surface area contributed by atoms with Crippen LogP contribution in [-0.2, 0) is 13.6 Å². The van der Waals surface area contributed by atoms with Crippen molar-refractivity contribution in [2.75, 3.05) is 0 Å². The number of hydrogen-bond donors (Lipinski definition) is 1. The molecule has 1 aliphatic carbocycles. The highest BCUT2D eigenvalue weighted by atomic mass is 79.9. The maximum Gasteiger partial charge on any atom is 0.213 e. The zero-order chi connectivity index (χ0) is 13.2. The summed E-state index contributed by atoms with van der Waals surface area (Å²) in [7, 11) is 1.84. The molecule has 7 heteroatoms. The summed E-state index contributed by atoms with van der Waals surface area (Å²) in [6.45, 7) is 0.918. The van der Waals surface area contributed by atoms with E-state index in [1.165, 1.54) is 18.4 Å². The number of nitrogens with zero attached hydrogens (tertiary/aromatic N) is 4. The Morgan fingerprint density at radius 3 is 2.95 bits per heavy atom. The fourth-order valence-electron chi connectivity index (χ4n) is 1.69. The normalized spacial score (nSPS) is 14.8. The average molecular weight is 340 g/mol. The van der Waals surface area contributed by atoms with E-state index in [1.807, 2.05) is 7.05 Å². The number of nitrogens with one attached hydrogen (secondary N) is 1. The number of hydrogen-bond acceptors (Lipinski definition) is 5. The molecule has 0 amide bonds. The molecule has 0 saturated heterocycles. The van der Waals surface area contributed by atoms with E-state index in [-0.39, 0.29) is 0 Å². The first-order chi connectivity index (χ1) is 9.22. The van der Waals surface area contributed by atoms with Crippen molar-refractivity contribution in [1.29, 1.82) is 0 Å². The van der Waals surface area contributed by atoms with Crippen molar-refractivity contribution in [3.05, 3.63) is 28.2 Å². The summed E-state index contributed by atoms with van der Waals surface area (Å²) in [5.41, 5.74) is 1.28. The smallest absolute Gasteiger partial charge is 0.213 e. The second-order valence-electron chi connectivity index (χ2n) is 4.60. The Kier molecular flexibility index (Phi) is 3.86. The Bertz CT molecular complexity index is 581. The molecule has 5 nitrogen and oxygen atoms in total. The van der Waals surface area contributed by atoms with Crippen LogP contribution in [0.2, 0.25) is 0 Å². The molecule has 19 heavy (non-hydrogen) atoms. The summed E-state index contributed by atoms with van der Waals surface area (Å²) in [5.74, 6) is 0. The maximum atomic E-state index is 3.97. The highest BCUT2D eigenvalue weighted by Crippen LogP contribution is 2.29. The van der Waals surface area contributed by atoms with Gasteiger partial charge in [0.2, 0.25) is 5.16 Å². The fraction of sp³-hybridized carbons (Fsp3) is 0.417. The van der Waals surface area contributed by atoms with Crippen LogP contribution in [0.3, 0.4) is 0 Å². The minimum atomic E-state index is 0.727. The van der Waals surface area contributed by atoms with Gasteiger partial charge in [-0.2, -0.15) is 0 Å². The van der Waals surface area contributed by atoms with Gasteiger partial charge in [0.15, 0.2) is 0 Å². The van der Waals surface area contributed by atoms with Gasteiger partial charge in [0.05, 0.1) is 0 Å². The van der Waals surface area contributed by atoms with E-state index in [9.17, 15) is 0 Å². The van der Waals surface area contributed by atoms with Gasteiger partial charge in [-0.25, -0.2) is 4.68 Å². The standard InChI is InChI=1S/C12H14BrN5S/c1-18-12(15-16-17-18)19-10-5-2-8(11(13)6-10)7-14-9-3-4-9/h2,5-6,9,14H,3-4,7H2,1H3.